The van der Waals surface area contributed by atoms with Crippen molar-refractivity contribution in [3.8, 4) is 11.5 Å². The van der Waals surface area contributed by atoms with Crippen molar-refractivity contribution in [2.24, 2.45) is 0 Å². The molecule has 0 saturated carbocycles. The molecule has 0 radical (unpaired) electrons. The summed E-state index contributed by atoms with van der Waals surface area (Å²) in [5.41, 5.74) is 2.38. The van der Waals surface area contributed by atoms with Gasteiger partial charge in [0.25, 0.3) is 5.91 Å². The fraction of sp³-hybridized carbons (Fsp3) is 0.440. The van der Waals surface area contributed by atoms with Gasteiger partial charge in [0.05, 0.1) is 5.56 Å². The van der Waals surface area contributed by atoms with Crippen LogP contribution >= 0.6 is 0 Å². The molecule has 1 aliphatic rings. The third kappa shape index (κ3) is 4.74. The van der Waals surface area contributed by atoms with Crippen LogP contribution < -0.4 is 10.1 Å². The molecule has 1 aromatic carbocycles. The van der Waals surface area contributed by atoms with Crippen LogP contribution in [0.3, 0.4) is 0 Å². The Balaban J connectivity index is 2.02. The van der Waals surface area contributed by atoms with Gasteiger partial charge in [-0.3, -0.25) is 9.78 Å². The molecule has 2 N–H and O–H groups in total. The summed E-state index contributed by atoms with van der Waals surface area (Å²) in [5, 5.41) is 13.8. The highest BCUT2D eigenvalue weighted by molar-refractivity contribution is 5.93. The number of nitrogens with zero attached hydrogens (tertiary/aromatic N) is 2. The number of benzene rings is 1. The summed E-state index contributed by atoms with van der Waals surface area (Å²) in [5.74, 6) is 0.773. The zero-order chi connectivity index (χ0) is 22.4. The van der Waals surface area contributed by atoms with Crippen molar-refractivity contribution in [3.63, 3.8) is 0 Å². The molecule has 0 saturated heterocycles. The molecule has 1 aromatic heterocycles. The number of aromatic hydroxyl groups is 1. The number of phenolic OH excluding ortho intramolecular Hbond substituents is 1. The standard InChI is InChI=1S/C25H33N3O3/c1-5-25(14-9-15-26-4)16-19(23-21(29)10-8-11-22(23)31-25)18-12-13-20(27-17-18)24(30)28(6-2)7-3/h8,10-13,16-17,26,29H,5-7,9,14-15H2,1-4H3. The summed E-state index contributed by atoms with van der Waals surface area (Å²) in [6, 6.07) is 9.04. The first kappa shape index (κ1) is 22.8. The SMILES string of the molecule is CCN(CC)C(=O)c1ccc(C2=CC(CC)(CCCNC)Oc3cccc(O)c32)cn1. The molecule has 6 nitrogen and oxygen atoms in total. The van der Waals surface area contributed by atoms with Gasteiger partial charge in [0.15, 0.2) is 0 Å². The Morgan fingerprint density at radius 1 is 1.19 bits per heavy atom. The van der Waals surface area contributed by atoms with Crippen LogP contribution in [0.5, 0.6) is 11.5 Å². The number of rotatable bonds is 9. The van der Waals surface area contributed by atoms with E-state index in [0.29, 0.717) is 30.1 Å². The van der Waals surface area contributed by atoms with Crippen molar-refractivity contribution in [2.75, 3.05) is 26.7 Å². The molecule has 166 valence electrons. The molecule has 1 aliphatic heterocycles. The van der Waals surface area contributed by atoms with Crippen LogP contribution in [-0.2, 0) is 0 Å². The van der Waals surface area contributed by atoms with Gasteiger partial charge in [-0.25, -0.2) is 0 Å². The van der Waals surface area contributed by atoms with E-state index in [9.17, 15) is 9.90 Å². The lowest BCUT2D eigenvalue weighted by atomic mass is 9.84. The Hall–Kier alpha value is -2.86. The van der Waals surface area contributed by atoms with Gasteiger partial charge in [0.2, 0.25) is 0 Å². The minimum Gasteiger partial charge on any atom is -0.507 e. The monoisotopic (exact) mass is 423 g/mol. The molecule has 31 heavy (non-hydrogen) atoms. The molecule has 3 rings (SSSR count). The number of pyridine rings is 1. The van der Waals surface area contributed by atoms with E-state index in [1.54, 1.807) is 29.3 Å². The summed E-state index contributed by atoms with van der Waals surface area (Å²) < 4.78 is 6.43. The number of amides is 1. The average Bonchev–Trinajstić information content (AvgIpc) is 2.79. The maximum absolute atomic E-state index is 12.6. The Morgan fingerprint density at radius 3 is 2.58 bits per heavy atom. The van der Waals surface area contributed by atoms with Gasteiger partial charge in [-0.05, 0) is 76.6 Å². The number of ether oxygens (including phenoxy) is 1. The smallest absolute Gasteiger partial charge is 0.272 e. The lowest BCUT2D eigenvalue weighted by molar-refractivity contribution is 0.0767. The molecular formula is C25H33N3O3. The van der Waals surface area contributed by atoms with E-state index in [4.69, 9.17) is 4.74 Å². The van der Waals surface area contributed by atoms with Crippen LogP contribution in [0.2, 0.25) is 0 Å². The van der Waals surface area contributed by atoms with Gasteiger partial charge in [-0.1, -0.05) is 19.1 Å². The van der Waals surface area contributed by atoms with Gasteiger partial charge in [0, 0.05) is 24.8 Å². The van der Waals surface area contributed by atoms with E-state index in [2.05, 4.69) is 23.3 Å². The average molecular weight is 424 g/mol. The van der Waals surface area contributed by atoms with Crippen LogP contribution in [0.1, 0.15) is 61.6 Å². The quantitative estimate of drug-likeness (QED) is 0.590. The Bertz CT molecular complexity index is 936. The van der Waals surface area contributed by atoms with Crippen LogP contribution in [0.25, 0.3) is 5.57 Å². The van der Waals surface area contributed by atoms with E-state index >= 15 is 0 Å². The second kappa shape index (κ2) is 9.96. The molecule has 0 aliphatic carbocycles. The van der Waals surface area contributed by atoms with Gasteiger partial charge in [0.1, 0.15) is 22.8 Å². The third-order valence-corrected chi connectivity index (χ3v) is 5.96. The molecule has 2 aromatic rings. The van der Waals surface area contributed by atoms with Gasteiger partial charge >= 0.3 is 0 Å². The van der Waals surface area contributed by atoms with Crippen molar-refractivity contribution in [1.82, 2.24) is 15.2 Å². The highest BCUT2D eigenvalue weighted by Gasteiger charge is 2.35. The van der Waals surface area contributed by atoms with Crippen molar-refractivity contribution in [1.29, 1.82) is 0 Å². The lowest BCUT2D eigenvalue weighted by Gasteiger charge is -2.37. The summed E-state index contributed by atoms with van der Waals surface area (Å²) in [6.45, 7) is 8.24. The number of hydrogen-bond acceptors (Lipinski definition) is 5. The number of nitrogens with one attached hydrogen (secondary N) is 1. The fourth-order valence-corrected chi connectivity index (χ4v) is 4.08. The van der Waals surface area contributed by atoms with Crippen LogP contribution in [-0.4, -0.2) is 53.2 Å². The highest BCUT2D eigenvalue weighted by Crippen LogP contribution is 2.45. The zero-order valence-electron chi connectivity index (χ0n) is 18.9. The van der Waals surface area contributed by atoms with E-state index in [1.165, 1.54) is 0 Å². The maximum Gasteiger partial charge on any atom is 0.272 e. The van der Waals surface area contributed by atoms with Crippen LogP contribution in [0.15, 0.2) is 42.6 Å². The second-order valence-corrected chi connectivity index (χ2v) is 7.85. The maximum atomic E-state index is 12.6. The summed E-state index contributed by atoms with van der Waals surface area (Å²) >= 11 is 0. The molecular weight excluding hydrogens is 390 g/mol. The van der Waals surface area contributed by atoms with Crippen LogP contribution in [0.4, 0.5) is 0 Å². The number of carbonyl (C=O) groups is 1. The number of phenols is 1. The zero-order valence-corrected chi connectivity index (χ0v) is 18.9. The van der Waals surface area contributed by atoms with E-state index in [1.807, 2.05) is 33.0 Å². The molecule has 0 bridgehead atoms. The summed E-state index contributed by atoms with van der Waals surface area (Å²) in [6.07, 6.45) is 6.47. The third-order valence-electron chi connectivity index (χ3n) is 5.96. The van der Waals surface area contributed by atoms with Gasteiger partial charge < -0.3 is 20.1 Å². The normalized spacial score (nSPS) is 17.5. The van der Waals surface area contributed by atoms with E-state index < -0.39 is 5.60 Å². The molecule has 1 atom stereocenters. The van der Waals surface area contributed by atoms with E-state index in [0.717, 1.165) is 36.9 Å². The highest BCUT2D eigenvalue weighted by atomic mass is 16.5. The minimum atomic E-state index is -0.456. The van der Waals surface area contributed by atoms with E-state index in [-0.39, 0.29) is 11.7 Å². The minimum absolute atomic E-state index is 0.0734. The van der Waals surface area contributed by atoms with Crippen molar-refractivity contribution in [2.45, 2.75) is 45.6 Å². The van der Waals surface area contributed by atoms with Crippen molar-refractivity contribution in [3.05, 3.63) is 59.4 Å². The number of aromatic nitrogens is 1. The Kier molecular flexibility index (Phi) is 7.33. The van der Waals surface area contributed by atoms with Gasteiger partial charge in [-0.2, -0.15) is 0 Å². The summed E-state index contributed by atoms with van der Waals surface area (Å²) in [7, 11) is 1.95. The largest absolute Gasteiger partial charge is 0.507 e. The second-order valence-electron chi connectivity index (χ2n) is 7.85. The first-order chi connectivity index (χ1) is 15.0. The lowest BCUT2D eigenvalue weighted by Crippen LogP contribution is -2.36. The number of carbonyl (C=O) groups excluding carboxylic acids is 1. The number of fused-ring (bicyclic) bond motifs is 1. The Labute approximate surface area is 185 Å². The molecule has 0 fully saturated rings. The predicted octanol–water partition coefficient (Wildman–Crippen LogP) is 4.24. The molecule has 0 spiro atoms. The van der Waals surface area contributed by atoms with Crippen molar-refractivity contribution < 1.29 is 14.6 Å². The summed E-state index contributed by atoms with van der Waals surface area (Å²) in [4.78, 5) is 18.8. The fourth-order valence-electron chi connectivity index (χ4n) is 4.08. The van der Waals surface area contributed by atoms with Gasteiger partial charge in [-0.15, -0.1) is 0 Å². The Morgan fingerprint density at radius 2 is 1.97 bits per heavy atom. The first-order valence-corrected chi connectivity index (χ1v) is 11.1. The molecule has 1 unspecified atom stereocenters. The molecule has 1 amide bonds. The topological polar surface area (TPSA) is 74.7 Å². The predicted molar refractivity (Wildman–Crippen MR) is 123 cm³/mol. The van der Waals surface area contributed by atoms with Crippen molar-refractivity contribution >= 4 is 11.5 Å². The van der Waals surface area contributed by atoms with Crippen LogP contribution in [0, 0.1) is 0 Å². The molecule has 6 heteroatoms. The number of hydrogen-bond donors (Lipinski definition) is 2. The molecule has 2 heterocycles. The first-order valence-electron chi connectivity index (χ1n) is 11.1.